The molecule has 116 valence electrons. The minimum Gasteiger partial charge on any atom is -0.502 e. The Morgan fingerprint density at radius 1 is 1.14 bits per heavy atom. The van der Waals surface area contributed by atoms with Crippen LogP contribution in [-0.2, 0) is 12.0 Å². The Bertz CT molecular complexity index is 731. The minimum absolute atomic E-state index is 0.0384. The average molecular weight is 300 g/mol. The van der Waals surface area contributed by atoms with Crippen molar-refractivity contribution in [3.63, 3.8) is 0 Å². The third-order valence-corrected chi connectivity index (χ3v) is 3.36. The molecule has 2 rings (SSSR count). The summed E-state index contributed by atoms with van der Waals surface area (Å²) >= 11 is 0. The van der Waals surface area contributed by atoms with Crippen molar-refractivity contribution < 1.29 is 14.6 Å². The Morgan fingerprint density at radius 3 is 2.32 bits per heavy atom. The van der Waals surface area contributed by atoms with Gasteiger partial charge in [0.15, 0.2) is 5.76 Å². The van der Waals surface area contributed by atoms with E-state index < -0.39 is 17.8 Å². The second-order valence-corrected chi connectivity index (χ2v) is 6.15. The van der Waals surface area contributed by atoms with Crippen LogP contribution in [0.25, 0.3) is 12.2 Å². The van der Waals surface area contributed by atoms with Crippen LogP contribution in [0.2, 0.25) is 0 Å². The van der Waals surface area contributed by atoms with Crippen molar-refractivity contribution >= 4 is 12.2 Å². The molecular formula is C18H20O4. The highest BCUT2D eigenvalue weighted by Crippen LogP contribution is 2.23. The molecule has 2 N–H and O–H groups in total. The molecule has 0 saturated carbocycles. The number of aliphatic hydroxyl groups is 1. The Labute approximate surface area is 129 Å². The maximum absolute atomic E-state index is 11.5. The van der Waals surface area contributed by atoms with Crippen molar-refractivity contribution in [2.75, 3.05) is 0 Å². The van der Waals surface area contributed by atoms with E-state index >= 15 is 0 Å². The first-order valence-electron chi connectivity index (χ1n) is 7.07. The number of aliphatic hydroxyl groups excluding tert-OH is 1. The molecule has 0 aliphatic carbocycles. The molecule has 22 heavy (non-hydrogen) atoms. The van der Waals surface area contributed by atoms with E-state index in [1.54, 1.807) is 6.08 Å². The van der Waals surface area contributed by atoms with Gasteiger partial charge >= 0.3 is 0 Å². The van der Waals surface area contributed by atoms with Gasteiger partial charge in [-0.25, -0.2) is 0 Å². The highest BCUT2D eigenvalue weighted by molar-refractivity contribution is 5.69. The van der Waals surface area contributed by atoms with Gasteiger partial charge in [0.25, 0.3) is 0 Å². The molecule has 0 unspecified atom stereocenters. The van der Waals surface area contributed by atoms with E-state index in [1.165, 1.54) is 11.6 Å². The summed E-state index contributed by atoms with van der Waals surface area (Å²) in [5.41, 5.74) is 1.66. The number of aromatic hydroxyl groups is 1. The lowest BCUT2D eigenvalue weighted by atomic mass is 9.87. The summed E-state index contributed by atoms with van der Waals surface area (Å²) in [6.45, 7) is 6.04. The molecule has 0 amide bonds. The summed E-state index contributed by atoms with van der Waals surface area (Å²) in [5.74, 6) is -0.304. The van der Waals surface area contributed by atoms with Crippen LogP contribution in [0, 0.1) is 0 Å². The van der Waals surface area contributed by atoms with Gasteiger partial charge in [-0.1, -0.05) is 51.1 Å². The Morgan fingerprint density at radius 2 is 1.77 bits per heavy atom. The molecule has 1 aromatic heterocycles. The molecule has 0 bridgehead atoms. The molecule has 2 aromatic rings. The minimum atomic E-state index is -0.571. The predicted octanol–water partition coefficient (Wildman–Crippen LogP) is 3.31. The van der Waals surface area contributed by atoms with Crippen LogP contribution >= 0.6 is 0 Å². The zero-order valence-electron chi connectivity index (χ0n) is 13.0. The molecule has 4 heteroatoms. The maximum Gasteiger partial charge on any atom is 0.227 e. The van der Waals surface area contributed by atoms with Crippen molar-refractivity contribution in [2.45, 2.75) is 32.8 Å². The van der Waals surface area contributed by atoms with Gasteiger partial charge < -0.3 is 14.6 Å². The number of hydrogen-bond acceptors (Lipinski definition) is 4. The van der Waals surface area contributed by atoms with E-state index in [1.807, 2.05) is 24.3 Å². The highest BCUT2D eigenvalue weighted by Gasteiger charge is 2.12. The van der Waals surface area contributed by atoms with Crippen molar-refractivity contribution in [2.24, 2.45) is 0 Å². The zero-order valence-corrected chi connectivity index (χ0v) is 13.0. The van der Waals surface area contributed by atoms with E-state index in [2.05, 4.69) is 20.8 Å². The standard InChI is InChI=1S/C18H20O4/c1-18(2,3)13-7-4-12(5-8-13)6-9-16-17(21)15(20)10-14(11-19)22-16/h4-10,19,21H,11H2,1-3H3/b9-6+. The number of rotatable bonds is 3. The summed E-state index contributed by atoms with van der Waals surface area (Å²) in [6.07, 6.45) is 3.26. The van der Waals surface area contributed by atoms with Gasteiger partial charge in [0.05, 0.1) is 0 Å². The lowest BCUT2D eigenvalue weighted by Crippen LogP contribution is -2.10. The van der Waals surface area contributed by atoms with Gasteiger partial charge in [-0.15, -0.1) is 0 Å². The smallest absolute Gasteiger partial charge is 0.227 e. The highest BCUT2D eigenvalue weighted by atomic mass is 16.4. The molecule has 0 aliphatic heterocycles. The van der Waals surface area contributed by atoms with Gasteiger partial charge in [0.2, 0.25) is 11.2 Å². The van der Waals surface area contributed by atoms with E-state index in [9.17, 15) is 9.90 Å². The summed E-state index contributed by atoms with van der Waals surface area (Å²) < 4.78 is 5.25. The van der Waals surface area contributed by atoms with Gasteiger partial charge in [-0.2, -0.15) is 0 Å². The summed E-state index contributed by atoms with van der Waals surface area (Å²) in [4.78, 5) is 11.5. The summed E-state index contributed by atoms with van der Waals surface area (Å²) in [6, 6.07) is 9.08. The van der Waals surface area contributed by atoms with Gasteiger partial charge in [-0.05, 0) is 22.6 Å². The summed E-state index contributed by atoms with van der Waals surface area (Å²) in [7, 11) is 0. The fourth-order valence-electron chi connectivity index (χ4n) is 2.01. The average Bonchev–Trinajstić information content (AvgIpc) is 2.48. The number of hydrogen-bond donors (Lipinski definition) is 2. The summed E-state index contributed by atoms with van der Waals surface area (Å²) in [5, 5.41) is 18.7. The first-order chi connectivity index (χ1) is 10.3. The third kappa shape index (κ3) is 3.65. The topological polar surface area (TPSA) is 70.7 Å². The first-order valence-corrected chi connectivity index (χ1v) is 7.07. The van der Waals surface area contributed by atoms with Crippen molar-refractivity contribution in [1.29, 1.82) is 0 Å². The third-order valence-electron chi connectivity index (χ3n) is 3.36. The molecule has 0 aliphatic rings. The van der Waals surface area contributed by atoms with Crippen molar-refractivity contribution in [1.82, 2.24) is 0 Å². The monoisotopic (exact) mass is 300 g/mol. The van der Waals surface area contributed by atoms with Crippen LogP contribution in [0.15, 0.2) is 39.5 Å². The van der Waals surface area contributed by atoms with E-state index in [0.717, 1.165) is 11.6 Å². The Kier molecular flexibility index (Phi) is 4.52. The fraction of sp³-hybridized carbons (Fsp3) is 0.278. The lowest BCUT2D eigenvalue weighted by Gasteiger charge is -2.18. The largest absolute Gasteiger partial charge is 0.502 e. The molecule has 0 radical (unpaired) electrons. The van der Waals surface area contributed by atoms with Gasteiger partial charge in [0.1, 0.15) is 12.4 Å². The molecule has 0 saturated heterocycles. The zero-order chi connectivity index (χ0) is 16.3. The van der Waals surface area contributed by atoms with E-state index in [-0.39, 0.29) is 16.9 Å². The van der Waals surface area contributed by atoms with E-state index in [4.69, 9.17) is 9.52 Å². The Balaban J connectivity index is 2.29. The van der Waals surface area contributed by atoms with Gasteiger partial charge in [-0.3, -0.25) is 4.79 Å². The second-order valence-electron chi connectivity index (χ2n) is 6.15. The molecule has 1 heterocycles. The van der Waals surface area contributed by atoms with Crippen LogP contribution in [0.5, 0.6) is 5.75 Å². The maximum atomic E-state index is 11.5. The second kappa shape index (κ2) is 6.20. The molecule has 0 fully saturated rings. The van der Waals surface area contributed by atoms with Crippen LogP contribution in [-0.4, -0.2) is 10.2 Å². The van der Waals surface area contributed by atoms with Gasteiger partial charge in [0, 0.05) is 6.07 Å². The number of benzene rings is 1. The van der Waals surface area contributed by atoms with Crippen LogP contribution in [0.3, 0.4) is 0 Å². The quantitative estimate of drug-likeness (QED) is 0.912. The lowest BCUT2D eigenvalue weighted by molar-refractivity contribution is 0.240. The molecule has 1 aromatic carbocycles. The Hall–Kier alpha value is -2.33. The first kappa shape index (κ1) is 16.0. The predicted molar refractivity (Wildman–Crippen MR) is 86.6 cm³/mol. The molecule has 4 nitrogen and oxygen atoms in total. The molecule has 0 spiro atoms. The van der Waals surface area contributed by atoms with Crippen molar-refractivity contribution in [3.05, 3.63) is 63.2 Å². The SMILES string of the molecule is CC(C)(C)c1ccc(/C=C/c2oc(CO)cc(=O)c2O)cc1. The fourth-order valence-corrected chi connectivity index (χ4v) is 2.01. The van der Waals surface area contributed by atoms with Crippen LogP contribution < -0.4 is 5.43 Å². The molecular weight excluding hydrogens is 280 g/mol. The van der Waals surface area contributed by atoms with Crippen LogP contribution in [0.4, 0.5) is 0 Å². The molecule has 0 atom stereocenters. The van der Waals surface area contributed by atoms with Crippen LogP contribution in [0.1, 0.15) is 43.4 Å². The van der Waals surface area contributed by atoms with Crippen molar-refractivity contribution in [3.8, 4) is 5.75 Å². The van der Waals surface area contributed by atoms with E-state index in [0.29, 0.717) is 0 Å². The normalized spacial score (nSPS) is 12.0.